The lowest BCUT2D eigenvalue weighted by atomic mass is 10.2. The Bertz CT molecular complexity index is 520. The molecule has 17 heavy (non-hydrogen) atoms. The van der Waals surface area contributed by atoms with Crippen LogP contribution in [0.2, 0.25) is 0 Å². The van der Waals surface area contributed by atoms with E-state index in [4.69, 9.17) is 4.52 Å². The van der Waals surface area contributed by atoms with Crippen molar-refractivity contribution in [3.05, 3.63) is 18.3 Å². The first-order valence-corrected chi connectivity index (χ1v) is 5.46. The lowest BCUT2D eigenvalue weighted by Gasteiger charge is -2.01. The maximum atomic E-state index is 9.42. The van der Waals surface area contributed by atoms with Gasteiger partial charge in [0.1, 0.15) is 0 Å². The van der Waals surface area contributed by atoms with E-state index in [-0.39, 0.29) is 12.1 Å². The molecule has 3 heterocycles. The third-order valence-corrected chi connectivity index (χ3v) is 2.81. The van der Waals surface area contributed by atoms with Crippen LogP contribution in [-0.2, 0) is 7.05 Å². The predicted octanol–water partition coefficient (Wildman–Crippen LogP) is -0.135. The summed E-state index contributed by atoms with van der Waals surface area (Å²) in [6, 6.07) is -0.0529. The van der Waals surface area contributed by atoms with Crippen molar-refractivity contribution < 1.29 is 9.63 Å². The second-order valence-corrected chi connectivity index (χ2v) is 4.21. The number of aliphatic hydroxyl groups is 1. The molecule has 3 rings (SSSR count). The summed E-state index contributed by atoms with van der Waals surface area (Å²) in [5.41, 5.74) is 0.820. The van der Waals surface area contributed by atoms with Gasteiger partial charge < -0.3 is 14.9 Å². The number of nitrogens with zero attached hydrogens (tertiary/aromatic N) is 4. The number of aryl methyl sites for hydroxylation is 1. The van der Waals surface area contributed by atoms with Crippen LogP contribution < -0.4 is 5.32 Å². The fourth-order valence-corrected chi connectivity index (χ4v) is 1.94. The number of rotatable bonds is 2. The van der Waals surface area contributed by atoms with Crippen LogP contribution in [0.4, 0.5) is 0 Å². The molecule has 0 saturated carbocycles. The third-order valence-electron chi connectivity index (χ3n) is 2.81. The lowest BCUT2D eigenvalue weighted by molar-refractivity contribution is 0.191. The van der Waals surface area contributed by atoms with Crippen LogP contribution in [0.5, 0.6) is 0 Å². The summed E-state index contributed by atoms with van der Waals surface area (Å²) in [6.07, 6.45) is 3.78. The van der Waals surface area contributed by atoms with Crippen molar-refractivity contribution in [3.8, 4) is 11.4 Å². The topological polar surface area (TPSA) is 89.0 Å². The van der Waals surface area contributed by atoms with Crippen molar-refractivity contribution in [2.24, 2.45) is 7.05 Å². The average Bonchev–Trinajstić information content (AvgIpc) is 2.96. The molecule has 90 valence electrons. The van der Waals surface area contributed by atoms with Crippen LogP contribution in [-0.4, -0.2) is 37.7 Å². The Balaban J connectivity index is 1.83. The number of nitrogens with one attached hydrogen (secondary N) is 1. The van der Waals surface area contributed by atoms with Crippen molar-refractivity contribution in [3.63, 3.8) is 0 Å². The van der Waals surface area contributed by atoms with E-state index in [0.29, 0.717) is 24.7 Å². The van der Waals surface area contributed by atoms with Gasteiger partial charge in [-0.3, -0.25) is 4.68 Å². The molecule has 0 amide bonds. The minimum Gasteiger partial charge on any atom is -0.392 e. The molecule has 0 spiro atoms. The van der Waals surface area contributed by atoms with Crippen molar-refractivity contribution in [2.75, 3.05) is 6.54 Å². The molecular formula is C10H13N5O2. The highest BCUT2D eigenvalue weighted by Crippen LogP contribution is 2.24. The zero-order valence-corrected chi connectivity index (χ0v) is 9.37. The summed E-state index contributed by atoms with van der Waals surface area (Å²) >= 11 is 0. The summed E-state index contributed by atoms with van der Waals surface area (Å²) in [6.45, 7) is 0.565. The summed E-state index contributed by atoms with van der Waals surface area (Å²) in [7, 11) is 1.83. The smallest absolute Gasteiger partial charge is 0.244 e. The maximum Gasteiger partial charge on any atom is 0.244 e. The fraction of sp³-hybridized carbons (Fsp3) is 0.500. The van der Waals surface area contributed by atoms with Crippen LogP contribution in [0.3, 0.4) is 0 Å². The number of aliphatic hydroxyl groups excluding tert-OH is 1. The molecule has 7 heteroatoms. The SMILES string of the molecule is Cn1cc(-c2noc(C3CC(O)CN3)n2)cn1. The molecule has 7 nitrogen and oxygen atoms in total. The Morgan fingerprint density at radius 1 is 1.59 bits per heavy atom. The standard InChI is InChI=1S/C10H13N5O2/c1-15-5-6(3-12-15)9-13-10(17-14-9)8-2-7(16)4-11-8/h3,5,7-8,11,16H,2,4H2,1H3. The molecular weight excluding hydrogens is 222 g/mol. The largest absolute Gasteiger partial charge is 0.392 e. The van der Waals surface area contributed by atoms with Gasteiger partial charge >= 0.3 is 0 Å². The molecule has 0 aromatic carbocycles. The van der Waals surface area contributed by atoms with Crippen LogP contribution in [0, 0.1) is 0 Å². The molecule has 1 aliphatic heterocycles. The molecule has 1 fully saturated rings. The fourth-order valence-electron chi connectivity index (χ4n) is 1.94. The van der Waals surface area contributed by atoms with Crippen molar-refractivity contribution in [1.82, 2.24) is 25.2 Å². The van der Waals surface area contributed by atoms with Gasteiger partial charge in [-0.2, -0.15) is 10.1 Å². The first-order valence-electron chi connectivity index (χ1n) is 5.46. The minimum absolute atomic E-state index is 0.0529. The van der Waals surface area contributed by atoms with Gasteiger partial charge in [-0.15, -0.1) is 0 Å². The highest BCUT2D eigenvalue weighted by Gasteiger charge is 2.28. The molecule has 0 bridgehead atoms. The second-order valence-electron chi connectivity index (χ2n) is 4.21. The van der Waals surface area contributed by atoms with Crippen molar-refractivity contribution >= 4 is 0 Å². The second kappa shape index (κ2) is 3.94. The third kappa shape index (κ3) is 1.94. The van der Waals surface area contributed by atoms with Gasteiger partial charge in [0.2, 0.25) is 11.7 Å². The van der Waals surface area contributed by atoms with Crippen molar-refractivity contribution in [1.29, 1.82) is 0 Å². The van der Waals surface area contributed by atoms with Gasteiger partial charge in [0.05, 0.1) is 23.9 Å². The summed E-state index contributed by atoms with van der Waals surface area (Å²) in [5, 5.41) is 20.5. The maximum absolute atomic E-state index is 9.42. The number of β-amino-alcohol motifs (C(OH)–C–C–N with tert-alkyl or cyclic N) is 1. The number of aromatic nitrogens is 4. The predicted molar refractivity (Wildman–Crippen MR) is 57.9 cm³/mol. The Labute approximate surface area is 97.4 Å². The van der Waals surface area contributed by atoms with Crippen LogP contribution in [0.1, 0.15) is 18.4 Å². The molecule has 1 saturated heterocycles. The van der Waals surface area contributed by atoms with Crippen molar-refractivity contribution in [2.45, 2.75) is 18.6 Å². The molecule has 2 aromatic heterocycles. The van der Waals surface area contributed by atoms with E-state index in [0.717, 1.165) is 5.56 Å². The normalized spacial score (nSPS) is 24.4. The van der Waals surface area contributed by atoms with E-state index in [2.05, 4.69) is 20.6 Å². The number of hydrogen-bond donors (Lipinski definition) is 2. The average molecular weight is 235 g/mol. The van der Waals surface area contributed by atoms with Gasteiger partial charge in [-0.1, -0.05) is 5.16 Å². The molecule has 2 atom stereocenters. The van der Waals surface area contributed by atoms with E-state index >= 15 is 0 Å². The first kappa shape index (κ1) is 10.4. The molecule has 2 aromatic rings. The van der Waals surface area contributed by atoms with E-state index in [9.17, 15) is 5.11 Å². The van der Waals surface area contributed by atoms with Crippen LogP contribution in [0.25, 0.3) is 11.4 Å². The monoisotopic (exact) mass is 235 g/mol. The molecule has 2 unspecified atom stereocenters. The Hall–Kier alpha value is -1.73. The van der Waals surface area contributed by atoms with Crippen LogP contribution in [0.15, 0.2) is 16.9 Å². The zero-order chi connectivity index (χ0) is 11.8. The summed E-state index contributed by atoms with van der Waals surface area (Å²) in [4.78, 5) is 4.31. The molecule has 1 aliphatic rings. The zero-order valence-electron chi connectivity index (χ0n) is 9.37. The number of hydrogen-bond acceptors (Lipinski definition) is 6. The van der Waals surface area contributed by atoms with E-state index in [1.54, 1.807) is 10.9 Å². The molecule has 0 aliphatic carbocycles. The Morgan fingerprint density at radius 2 is 2.47 bits per heavy atom. The summed E-state index contributed by atoms with van der Waals surface area (Å²) < 4.78 is 6.87. The van der Waals surface area contributed by atoms with Gasteiger partial charge in [-0.25, -0.2) is 0 Å². The Morgan fingerprint density at radius 3 is 3.12 bits per heavy atom. The first-order chi connectivity index (χ1) is 8.22. The molecule has 0 radical (unpaired) electrons. The van der Waals surface area contributed by atoms with Gasteiger partial charge in [0.25, 0.3) is 0 Å². The lowest BCUT2D eigenvalue weighted by Crippen LogP contribution is -2.15. The van der Waals surface area contributed by atoms with E-state index < -0.39 is 0 Å². The van der Waals surface area contributed by atoms with Gasteiger partial charge in [0, 0.05) is 19.8 Å². The quantitative estimate of drug-likeness (QED) is 0.753. The van der Waals surface area contributed by atoms with E-state index in [1.807, 2.05) is 13.2 Å². The summed E-state index contributed by atoms with van der Waals surface area (Å²) in [5.74, 6) is 1.04. The minimum atomic E-state index is -0.339. The molecule has 2 N–H and O–H groups in total. The van der Waals surface area contributed by atoms with Gasteiger partial charge in [0.15, 0.2) is 0 Å². The van der Waals surface area contributed by atoms with E-state index in [1.165, 1.54) is 0 Å². The Kier molecular flexibility index (Phi) is 2.41. The van der Waals surface area contributed by atoms with Gasteiger partial charge in [-0.05, 0) is 6.42 Å². The van der Waals surface area contributed by atoms with Crippen LogP contribution >= 0.6 is 0 Å². The highest BCUT2D eigenvalue weighted by molar-refractivity contribution is 5.51. The highest BCUT2D eigenvalue weighted by atomic mass is 16.5.